The topological polar surface area (TPSA) is 61.7 Å². The van der Waals surface area contributed by atoms with Crippen LogP contribution in [0.5, 0.6) is 0 Å². The number of rotatable bonds is 4. The molecule has 0 bridgehead atoms. The SMILES string of the molecule is CC(=NNC(=O)C(O)c1ccccc1)c1ccc2ccccc2c1. The molecule has 0 radical (unpaired) electrons. The first-order valence-corrected chi connectivity index (χ1v) is 7.71. The lowest BCUT2D eigenvalue weighted by Crippen LogP contribution is -2.26. The highest BCUT2D eigenvalue weighted by Gasteiger charge is 2.16. The van der Waals surface area contributed by atoms with Crippen LogP contribution in [0.2, 0.25) is 0 Å². The fourth-order valence-corrected chi connectivity index (χ4v) is 2.47. The molecule has 3 aromatic carbocycles. The molecule has 2 N–H and O–H groups in total. The molecule has 0 aliphatic heterocycles. The van der Waals surface area contributed by atoms with Crippen molar-refractivity contribution in [3.8, 4) is 0 Å². The monoisotopic (exact) mass is 318 g/mol. The van der Waals surface area contributed by atoms with Crippen molar-refractivity contribution in [1.29, 1.82) is 0 Å². The Morgan fingerprint density at radius 2 is 1.62 bits per heavy atom. The maximum absolute atomic E-state index is 12.0. The third-order valence-electron chi connectivity index (χ3n) is 3.86. The predicted octanol–water partition coefficient (Wildman–Crippen LogP) is 3.41. The van der Waals surface area contributed by atoms with Crippen molar-refractivity contribution in [2.75, 3.05) is 0 Å². The quantitative estimate of drug-likeness (QED) is 0.572. The van der Waals surface area contributed by atoms with Crippen molar-refractivity contribution in [3.63, 3.8) is 0 Å². The molecule has 24 heavy (non-hydrogen) atoms. The highest BCUT2D eigenvalue weighted by atomic mass is 16.3. The molecular formula is C20H18N2O2. The summed E-state index contributed by atoms with van der Waals surface area (Å²) in [6, 6.07) is 22.8. The Labute approximate surface area is 140 Å². The number of aliphatic hydroxyl groups is 1. The standard InChI is InChI=1S/C20H18N2O2/c1-14(17-12-11-15-7-5-6-10-18(15)13-17)21-22-20(24)19(23)16-8-3-2-4-9-16/h2-13,19,23H,1H3,(H,22,24). The summed E-state index contributed by atoms with van der Waals surface area (Å²) in [5, 5.41) is 16.4. The number of carbonyl (C=O) groups excluding carboxylic acids is 1. The lowest BCUT2D eigenvalue weighted by molar-refractivity contribution is -0.129. The molecule has 0 aliphatic carbocycles. The normalized spacial score (nSPS) is 12.8. The van der Waals surface area contributed by atoms with Crippen LogP contribution in [-0.4, -0.2) is 16.7 Å². The van der Waals surface area contributed by atoms with E-state index in [4.69, 9.17) is 0 Å². The van der Waals surface area contributed by atoms with Crippen LogP contribution in [-0.2, 0) is 4.79 Å². The minimum Gasteiger partial charge on any atom is -0.378 e. The van der Waals surface area contributed by atoms with Crippen LogP contribution in [0.15, 0.2) is 77.9 Å². The largest absolute Gasteiger partial charge is 0.378 e. The van der Waals surface area contributed by atoms with Gasteiger partial charge in [0.25, 0.3) is 5.91 Å². The molecule has 0 aromatic heterocycles. The highest BCUT2D eigenvalue weighted by molar-refractivity contribution is 6.02. The molecule has 0 heterocycles. The van der Waals surface area contributed by atoms with Gasteiger partial charge in [0.15, 0.2) is 6.10 Å². The lowest BCUT2D eigenvalue weighted by atomic mass is 10.0. The summed E-state index contributed by atoms with van der Waals surface area (Å²) in [5.74, 6) is -0.554. The van der Waals surface area contributed by atoms with Gasteiger partial charge in [0.1, 0.15) is 0 Å². The van der Waals surface area contributed by atoms with Gasteiger partial charge in [-0.2, -0.15) is 5.10 Å². The summed E-state index contributed by atoms with van der Waals surface area (Å²) in [5.41, 5.74) is 4.56. The Balaban J connectivity index is 1.74. The molecule has 1 amide bonds. The average Bonchev–Trinajstić information content (AvgIpc) is 2.65. The van der Waals surface area contributed by atoms with Crippen molar-refractivity contribution in [2.45, 2.75) is 13.0 Å². The number of hydrazone groups is 1. The van der Waals surface area contributed by atoms with Crippen LogP contribution >= 0.6 is 0 Å². The van der Waals surface area contributed by atoms with Gasteiger partial charge in [0.05, 0.1) is 5.71 Å². The number of hydrogen-bond acceptors (Lipinski definition) is 3. The van der Waals surface area contributed by atoms with Crippen molar-refractivity contribution in [2.24, 2.45) is 5.10 Å². The molecule has 0 saturated carbocycles. The van der Waals surface area contributed by atoms with Gasteiger partial charge in [0.2, 0.25) is 0 Å². The predicted molar refractivity (Wildman–Crippen MR) is 95.7 cm³/mol. The molecule has 0 saturated heterocycles. The Morgan fingerprint density at radius 1 is 0.958 bits per heavy atom. The smallest absolute Gasteiger partial charge is 0.273 e. The zero-order valence-corrected chi connectivity index (χ0v) is 13.3. The number of amides is 1. The molecule has 1 atom stereocenters. The van der Waals surface area contributed by atoms with Crippen molar-refractivity contribution >= 4 is 22.4 Å². The van der Waals surface area contributed by atoms with Gasteiger partial charge in [-0.05, 0) is 34.9 Å². The minimum absolute atomic E-state index is 0.536. The van der Waals surface area contributed by atoms with Gasteiger partial charge in [-0.3, -0.25) is 4.79 Å². The molecule has 4 nitrogen and oxygen atoms in total. The third kappa shape index (κ3) is 3.50. The van der Waals surface area contributed by atoms with E-state index in [1.54, 1.807) is 24.3 Å². The van der Waals surface area contributed by atoms with E-state index < -0.39 is 12.0 Å². The van der Waals surface area contributed by atoms with Gasteiger partial charge in [-0.15, -0.1) is 0 Å². The van der Waals surface area contributed by atoms with E-state index in [2.05, 4.69) is 10.5 Å². The van der Waals surface area contributed by atoms with Crippen LogP contribution in [0, 0.1) is 0 Å². The highest BCUT2D eigenvalue weighted by Crippen LogP contribution is 2.16. The summed E-state index contributed by atoms with van der Waals surface area (Å²) in [4.78, 5) is 12.0. The second-order valence-corrected chi connectivity index (χ2v) is 5.55. The van der Waals surface area contributed by atoms with E-state index in [1.807, 2.05) is 55.5 Å². The number of benzene rings is 3. The van der Waals surface area contributed by atoms with E-state index >= 15 is 0 Å². The maximum Gasteiger partial charge on any atom is 0.273 e. The molecule has 1 unspecified atom stereocenters. The summed E-state index contributed by atoms with van der Waals surface area (Å²) in [6.07, 6.45) is -1.24. The summed E-state index contributed by atoms with van der Waals surface area (Å²) in [7, 11) is 0. The van der Waals surface area contributed by atoms with Crippen molar-refractivity contribution in [3.05, 3.63) is 83.9 Å². The summed E-state index contributed by atoms with van der Waals surface area (Å²) < 4.78 is 0. The zero-order chi connectivity index (χ0) is 16.9. The fourth-order valence-electron chi connectivity index (χ4n) is 2.47. The average molecular weight is 318 g/mol. The molecule has 0 spiro atoms. The van der Waals surface area contributed by atoms with Crippen LogP contribution < -0.4 is 5.43 Å². The molecule has 3 rings (SSSR count). The van der Waals surface area contributed by atoms with Gasteiger partial charge < -0.3 is 5.11 Å². The molecule has 0 fully saturated rings. The number of fused-ring (bicyclic) bond motifs is 1. The van der Waals surface area contributed by atoms with E-state index in [-0.39, 0.29) is 0 Å². The van der Waals surface area contributed by atoms with Gasteiger partial charge in [-0.1, -0.05) is 66.7 Å². The molecular weight excluding hydrogens is 300 g/mol. The second kappa shape index (κ2) is 7.06. The van der Waals surface area contributed by atoms with Gasteiger partial charge >= 0.3 is 0 Å². The molecule has 4 heteroatoms. The maximum atomic E-state index is 12.0. The van der Waals surface area contributed by atoms with Gasteiger partial charge in [-0.25, -0.2) is 5.43 Å². The number of nitrogens with zero attached hydrogens (tertiary/aromatic N) is 1. The number of aliphatic hydroxyl groups excluding tert-OH is 1. The fraction of sp³-hybridized carbons (Fsp3) is 0.100. The van der Waals surface area contributed by atoms with Crippen LogP contribution in [0.1, 0.15) is 24.2 Å². The van der Waals surface area contributed by atoms with Crippen molar-refractivity contribution < 1.29 is 9.90 Å². The Kier molecular flexibility index (Phi) is 4.68. The molecule has 3 aromatic rings. The van der Waals surface area contributed by atoms with E-state index in [0.717, 1.165) is 16.3 Å². The third-order valence-corrected chi connectivity index (χ3v) is 3.86. The molecule has 0 aliphatic rings. The first kappa shape index (κ1) is 15.9. The zero-order valence-electron chi connectivity index (χ0n) is 13.3. The Hall–Kier alpha value is -2.98. The van der Waals surface area contributed by atoms with Crippen LogP contribution in [0.3, 0.4) is 0 Å². The minimum atomic E-state index is -1.24. The van der Waals surface area contributed by atoms with E-state index in [1.165, 1.54) is 0 Å². The molecule has 120 valence electrons. The number of nitrogens with one attached hydrogen (secondary N) is 1. The first-order valence-electron chi connectivity index (χ1n) is 7.71. The van der Waals surface area contributed by atoms with E-state index in [9.17, 15) is 9.90 Å². The van der Waals surface area contributed by atoms with Crippen LogP contribution in [0.4, 0.5) is 0 Å². The lowest BCUT2D eigenvalue weighted by Gasteiger charge is -2.09. The number of carbonyl (C=O) groups is 1. The summed E-state index contributed by atoms with van der Waals surface area (Å²) in [6.45, 7) is 1.82. The number of hydrogen-bond donors (Lipinski definition) is 2. The van der Waals surface area contributed by atoms with Crippen molar-refractivity contribution in [1.82, 2.24) is 5.43 Å². The van der Waals surface area contributed by atoms with Gasteiger partial charge in [0, 0.05) is 0 Å². The Morgan fingerprint density at radius 3 is 2.38 bits per heavy atom. The Bertz CT molecular complexity index is 888. The summed E-state index contributed by atoms with van der Waals surface area (Å²) >= 11 is 0. The van der Waals surface area contributed by atoms with Crippen LogP contribution in [0.25, 0.3) is 10.8 Å². The second-order valence-electron chi connectivity index (χ2n) is 5.55. The van der Waals surface area contributed by atoms with E-state index in [0.29, 0.717) is 11.3 Å². The first-order chi connectivity index (χ1) is 11.6.